The summed E-state index contributed by atoms with van der Waals surface area (Å²) in [6, 6.07) is 5.53. The van der Waals surface area contributed by atoms with Gasteiger partial charge in [0.05, 0.1) is 17.2 Å². The van der Waals surface area contributed by atoms with Gasteiger partial charge >= 0.3 is 0 Å². The molecule has 0 saturated carbocycles. The molecule has 1 aliphatic rings. The number of rotatable bonds is 4. The molecule has 3 aromatic rings. The number of aromatic nitrogens is 1. The number of aryl methyl sites for hydroxylation is 1. The Morgan fingerprint density at radius 3 is 2.96 bits per heavy atom. The van der Waals surface area contributed by atoms with Crippen LogP contribution in [0.4, 0.5) is 5.13 Å². The van der Waals surface area contributed by atoms with Gasteiger partial charge in [0.2, 0.25) is 0 Å². The lowest BCUT2D eigenvalue weighted by Gasteiger charge is -2.23. The van der Waals surface area contributed by atoms with E-state index in [1.165, 1.54) is 22.7 Å². The van der Waals surface area contributed by atoms with Crippen molar-refractivity contribution in [1.82, 2.24) is 9.88 Å². The van der Waals surface area contributed by atoms with E-state index in [0.29, 0.717) is 22.3 Å². The first-order chi connectivity index (χ1) is 12.6. The minimum absolute atomic E-state index is 0.0154. The molecule has 1 saturated heterocycles. The molecule has 0 spiro atoms. The van der Waals surface area contributed by atoms with Gasteiger partial charge in [-0.1, -0.05) is 0 Å². The van der Waals surface area contributed by atoms with Gasteiger partial charge in [-0.15, -0.1) is 22.7 Å². The first kappa shape index (κ1) is 17.0. The first-order valence-corrected chi connectivity index (χ1v) is 9.99. The summed E-state index contributed by atoms with van der Waals surface area (Å²) in [4.78, 5) is 32.7. The third-order valence-corrected chi connectivity index (χ3v) is 6.28. The molecule has 4 rings (SSSR count). The van der Waals surface area contributed by atoms with E-state index in [0.717, 1.165) is 23.3 Å². The number of anilines is 1. The SMILES string of the molecule is Cc1ccoc1C(=O)N1CCC[C@H]1c1ccc(C(=O)Nc2nccs2)s1. The lowest BCUT2D eigenvalue weighted by atomic mass is 10.1. The highest BCUT2D eigenvalue weighted by atomic mass is 32.1. The number of amides is 2. The predicted octanol–water partition coefficient (Wildman–Crippen LogP) is 4.34. The minimum atomic E-state index is -0.172. The van der Waals surface area contributed by atoms with Crippen molar-refractivity contribution >= 4 is 39.6 Å². The van der Waals surface area contributed by atoms with Crippen molar-refractivity contribution in [2.45, 2.75) is 25.8 Å². The zero-order chi connectivity index (χ0) is 18.1. The fourth-order valence-electron chi connectivity index (χ4n) is 3.13. The summed E-state index contributed by atoms with van der Waals surface area (Å²) in [7, 11) is 0. The Labute approximate surface area is 158 Å². The molecular weight excluding hydrogens is 370 g/mol. The lowest BCUT2D eigenvalue weighted by molar-refractivity contribution is 0.0704. The van der Waals surface area contributed by atoms with Crippen LogP contribution in [0, 0.1) is 6.92 Å². The highest BCUT2D eigenvalue weighted by molar-refractivity contribution is 7.15. The number of carbonyl (C=O) groups is 2. The van der Waals surface area contributed by atoms with Crippen LogP contribution in [0.2, 0.25) is 0 Å². The maximum atomic E-state index is 12.8. The third-order valence-electron chi connectivity index (χ3n) is 4.40. The second kappa shape index (κ2) is 7.05. The quantitative estimate of drug-likeness (QED) is 0.723. The number of hydrogen-bond donors (Lipinski definition) is 1. The average molecular weight is 387 g/mol. The number of hydrogen-bond acceptors (Lipinski definition) is 6. The predicted molar refractivity (Wildman–Crippen MR) is 101 cm³/mol. The highest BCUT2D eigenvalue weighted by Crippen LogP contribution is 2.37. The number of furan rings is 1. The molecule has 4 heterocycles. The van der Waals surface area contributed by atoms with Crippen LogP contribution in [-0.2, 0) is 0 Å². The molecule has 0 bridgehead atoms. The summed E-state index contributed by atoms with van der Waals surface area (Å²) in [5.41, 5.74) is 0.843. The van der Waals surface area contributed by atoms with Crippen molar-refractivity contribution in [3.63, 3.8) is 0 Å². The van der Waals surface area contributed by atoms with E-state index >= 15 is 0 Å². The number of nitrogens with zero attached hydrogens (tertiary/aromatic N) is 2. The number of carbonyl (C=O) groups excluding carboxylic acids is 2. The smallest absolute Gasteiger partial charge is 0.290 e. The Morgan fingerprint density at radius 2 is 2.23 bits per heavy atom. The maximum absolute atomic E-state index is 12.8. The molecule has 0 unspecified atom stereocenters. The van der Waals surface area contributed by atoms with Gasteiger partial charge in [0.15, 0.2) is 10.9 Å². The van der Waals surface area contributed by atoms with Crippen LogP contribution in [0.5, 0.6) is 0 Å². The lowest BCUT2D eigenvalue weighted by Crippen LogP contribution is -2.30. The monoisotopic (exact) mass is 387 g/mol. The van der Waals surface area contributed by atoms with Gasteiger partial charge < -0.3 is 9.32 Å². The van der Waals surface area contributed by atoms with Crippen molar-refractivity contribution in [2.75, 3.05) is 11.9 Å². The minimum Gasteiger partial charge on any atom is -0.459 e. The van der Waals surface area contributed by atoms with Gasteiger partial charge in [-0.25, -0.2) is 4.98 Å². The Balaban J connectivity index is 1.52. The number of thiophene rings is 1. The Hall–Kier alpha value is -2.45. The topological polar surface area (TPSA) is 75.4 Å². The summed E-state index contributed by atoms with van der Waals surface area (Å²) < 4.78 is 5.37. The van der Waals surface area contributed by atoms with Gasteiger partial charge in [0.25, 0.3) is 11.8 Å². The van der Waals surface area contributed by atoms with Gasteiger partial charge in [-0.2, -0.15) is 0 Å². The molecule has 26 heavy (non-hydrogen) atoms. The van der Waals surface area contributed by atoms with Crippen LogP contribution in [0.3, 0.4) is 0 Å². The fourth-order valence-corrected chi connectivity index (χ4v) is 4.70. The molecular formula is C18H17N3O3S2. The summed E-state index contributed by atoms with van der Waals surface area (Å²) in [5.74, 6) is 0.140. The molecule has 1 aliphatic heterocycles. The average Bonchev–Trinajstić information content (AvgIpc) is 3.40. The highest BCUT2D eigenvalue weighted by Gasteiger charge is 2.33. The van der Waals surface area contributed by atoms with E-state index in [1.54, 1.807) is 18.5 Å². The molecule has 8 heteroatoms. The molecule has 1 fully saturated rings. The second-order valence-corrected chi connectivity index (χ2v) is 8.09. The zero-order valence-corrected chi connectivity index (χ0v) is 15.7. The Kier molecular flexibility index (Phi) is 4.60. The second-order valence-electron chi connectivity index (χ2n) is 6.08. The van der Waals surface area contributed by atoms with Gasteiger partial charge in [0.1, 0.15) is 0 Å². The summed E-state index contributed by atoms with van der Waals surface area (Å²) in [6.07, 6.45) is 5.02. The number of thiazole rings is 1. The Bertz CT molecular complexity index is 929. The van der Waals surface area contributed by atoms with E-state index in [1.807, 2.05) is 29.3 Å². The van der Waals surface area contributed by atoms with Crippen molar-refractivity contribution in [3.8, 4) is 0 Å². The molecule has 2 amide bonds. The van der Waals surface area contributed by atoms with E-state index in [-0.39, 0.29) is 17.9 Å². The largest absolute Gasteiger partial charge is 0.459 e. The van der Waals surface area contributed by atoms with Crippen LogP contribution in [0.25, 0.3) is 0 Å². The molecule has 1 N–H and O–H groups in total. The van der Waals surface area contributed by atoms with E-state index in [2.05, 4.69) is 10.3 Å². The molecule has 0 aromatic carbocycles. The number of likely N-dealkylation sites (tertiary alicyclic amines) is 1. The van der Waals surface area contributed by atoms with Crippen molar-refractivity contribution in [3.05, 3.63) is 57.1 Å². The van der Waals surface area contributed by atoms with Gasteiger partial charge in [-0.3, -0.25) is 14.9 Å². The van der Waals surface area contributed by atoms with Crippen molar-refractivity contribution in [1.29, 1.82) is 0 Å². The van der Waals surface area contributed by atoms with Crippen molar-refractivity contribution in [2.24, 2.45) is 0 Å². The third kappa shape index (κ3) is 3.17. The van der Waals surface area contributed by atoms with E-state index < -0.39 is 0 Å². The summed E-state index contributed by atoms with van der Waals surface area (Å²) >= 11 is 2.80. The molecule has 0 radical (unpaired) electrons. The molecule has 6 nitrogen and oxygen atoms in total. The number of nitrogens with one attached hydrogen (secondary N) is 1. The molecule has 1 atom stereocenters. The van der Waals surface area contributed by atoms with Gasteiger partial charge in [0, 0.05) is 28.6 Å². The van der Waals surface area contributed by atoms with Gasteiger partial charge in [-0.05, 0) is 38.0 Å². The summed E-state index contributed by atoms with van der Waals surface area (Å²) in [5, 5.41) is 5.18. The first-order valence-electron chi connectivity index (χ1n) is 8.29. The van der Waals surface area contributed by atoms with E-state index in [4.69, 9.17) is 4.42 Å². The zero-order valence-electron chi connectivity index (χ0n) is 14.1. The molecule has 0 aliphatic carbocycles. The van der Waals surface area contributed by atoms with E-state index in [9.17, 15) is 9.59 Å². The van der Waals surface area contributed by atoms with Crippen LogP contribution in [0.1, 0.15) is 49.6 Å². The summed E-state index contributed by atoms with van der Waals surface area (Å²) in [6.45, 7) is 2.57. The molecule has 134 valence electrons. The fraction of sp³-hybridized carbons (Fsp3) is 0.278. The van der Waals surface area contributed by atoms with Crippen LogP contribution < -0.4 is 5.32 Å². The van der Waals surface area contributed by atoms with Crippen LogP contribution in [-0.4, -0.2) is 28.2 Å². The Morgan fingerprint density at radius 1 is 1.35 bits per heavy atom. The van der Waals surface area contributed by atoms with Crippen molar-refractivity contribution < 1.29 is 14.0 Å². The van der Waals surface area contributed by atoms with Crippen LogP contribution >= 0.6 is 22.7 Å². The molecule has 3 aromatic heterocycles. The normalized spacial score (nSPS) is 16.8. The standard InChI is InChI=1S/C18H17N3O3S2/c1-11-6-9-24-15(11)17(23)21-8-2-3-12(21)13-4-5-14(26-13)16(22)20-18-19-7-10-25-18/h4-7,9-10,12H,2-3,8H2,1H3,(H,19,20,22)/t12-/m0/s1. The maximum Gasteiger partial charge on any atom is 0.290 e. The van der Waals surface area contributed by atoms with Crippen LogP contribution in [0.15, 0.2) is 40.5 Å².